The molecule has 7 nitrogen and oxygen atoms in total. The first-order chi connectivity index (χ1) is 10.3. The van der Waals surface area contributed by atoms with Gasteiger partial charge in [0.25, 0.3) is 5.91 Å². The van der Waals surface area contributed by atoms with E-state index in [1.54, 1.807) is 18.7 Å². The lowest BCUT2D eigenvalue weighted by atomic mass is 10.3. The first-order valence-electron chi connectivity index (χ1n) is 7.19. The molecule has 1 fully saturated rings. The number of carbonyl (C=O) groups excluding carboxylic acids is 1. The maximum absolute atomic E-state index is 12.3. The maximum atomic E-state index is 12.3. The largest absolute Gasteiger partial charge is 0.472 e. The summed E-state index contributed by atoms with van der Waals surface area (Å²) in [6, 6.07) is 1.72. The molecular weight excluding hydrogens is 270 g/mol. The Morgan fingerprint density at radius 2 is 2.19 bits per heavy atom. The minimum Gasteiger partial charge on any atom is -0.472 e. The second-order valence-electron chi connectivity index (χ2n) is 5.16. The Hall–Kier alpha value is -2.15. The highest BCUT2D eigenvalue weighted by molar-refractivity contribution is 5.93. The second kappa shape index (κ2) is 6.53. The molecule has 1 aliphatic heterocycles. The summed E-state index contributed by atoms with van der Waals surface area (Å²) < 4.78 is 6.82. The molecule has 0 atom stereocenters. The summed E-state index contributed by atoms with van der Waals surface area (Å²) in [6.45, 7) is 5.19. The predicted octanol–water partition coefficient (Wildman–Crippen LogP) is 0.719. The maximum Gasteiger partial charge on any atom is 0.257 e. The summed E-state index contributed by atoms with van der Waals surface area (Å²) in [4.78, 5) is 20.5. The molecule has 1 aliphatic rings. The molecule has 0 unspecified atom stereocenters. The molecule has 7 heteroatoms. The average molecular weight is 289 g/mol. The Bertz CT molecular complexity index is 552. The van der Waals surface area contributed by atoms with E-state index < -0.39 is 0 Å². The predicted molar refractivity (Wildman–Crippen MR) is 75.7 cm³/mol. The zero-order valence-corrected chi connectivity index (χ0v) is 11.9. The van der Waals surface area contributed by atoms with Crippen LogP contribution in [-0.4, -0.2) is 63.2 Å². The van der Waals surface area contributed by atoms with E-state index in [-0.39, 0.29) is 5.91 Å². The third-order valence-electron chi connectivity index (χ3n) is 3.76. The van der Waals surface area contributed by atoms with Crippen molar-refractivity contribution in [1.29, 1.82) is 0 Å². The van der Waals surface area contributed by atoms with E-state index in [0.29, 0.717) is 5.56 Å². The number of carbonyl (C=O) groups is 1. The van der Waals surface area contributed by atoms with Crippen LogP contribution in [0.4, 0.5) is 0 Å². The summed E-state index contributed by atoms with van der Waals surface area (Å²) in [5.74, 6) is 0.0573. The average Bonchev–Trinajstić information content (AvgIpc) is 3.15. The van der Waals surface area contributed by atoms with Gasteiger partial charge in [0.2, 0.25) is 0 Å². The van der Waals surface area contributed by atoms with E-state index in [1.807, 2.05) is 9.58 Å². The van der Waals surface area contributed by atoms with Crippen LogP contribution in [0.15, 0.2) is 35.7 Å². The molecule has 112 valence electrons. The lowest BCUT2D eigenvalue weighted by Crippen LogP contribution is -2.35. The molecule has 0 bridgehead atoms. The molecule has 3 rings (SSSR count). The van der Waals surface area contributed by atoms with Gasteiger partial charge in [0.1, 0.15) is 18.9 Å². The van der Waals surface area contributed by atoms with Crippen molar-refractivity contribution < 1.29 is 9.21 Å². The Kier molecular flexibility index (Phi) is 4.30. The van der Waals surface area contributed by atoms with E-state index in [2.05, 4.69) is 15.0 Å². The van der Waals surface area contributed by atoms with Gasteiger partial charge in [-0.2, -0.15) is 5.10 Å². The van der Waals surface area contributed by atoms with E-state index in [4.69, 9.17) is 4.42 Å². The zero-order valence-electron chi connectivity index (χ0n) is 11.9. The van der Waals surface area contributed by atoms with E-state index in [0.717, 1.165) is 45.7 Å². The quantitative estimate of drug-likeness (QED) is 0.829. The molecule has 0 aromatic carbocycles. The van der Waals surface area contributed by atoms with E-state index in [9.17, 15) is 4.79 Å². The molecule has 0 saturated carbocycles. The molecule has 1 amide bonds. The number of rotatable bonds is 4. The Morgan fingerprint density at radius 1 is 1.24 bits per heavy atom. The standard InChI is InChI=1S/C14H19N5O2/c20-14(13-2-9-21-10-13)18-4-1-3-17(5-7-18)6-8-19-12-15-11-16-19/h2,9-12H,1,3-8H2. The molecule has 2 aromatic heterocycles. The Balaban J connectivity index is 1.51. The number of aromatic nitrogens is 3. The second-order valence-corrected chi connectivity index (χ2v) is 5.16. The highest BCUT2D eigenvalue weighted by atomic mass is 16.3. The van der Waals surface area contributed by atoms with Gasteiger partial charge in [0, 0.05) is 26.2 Å². The SMILES string of the molecule is O=C(c1ccoc1)N1CCCN(CCn2cncn2)CC1. The van der Waals surface area contributed by atoms with Crippen LogP contribution in [0, 0.1) is 0 Å². The molecule has 3 heterocycles. The van der Waals surface area contributed by atoms with Gasteiger partial charge in [-0.25, -0.2) is 4.98 Å². The number of furan rings is 1. The van der Waals surface area contributed by atoms with Gasteiger partial charge in [-0.05, 0) is 19.0 Å². The summed E-state index contributed by atoms with van der Waals surface area (Å²) in [7, 11) is 0. The number of hydrogen-bond donors (Lipinski definition) is 0. The van der Waals surface area contributed by atoms with Crippen molar-refractivity contribution in [3.05, 3.63) is 36.8 Å². The molecule has 0 radical (unpaired) electrons. The summed E-state index contributed by atoms with van der Waals surface area (Å²) in [6.07, 6.45) is 7.31. The van der Waals surface area contributed by atoms with Crippen molar-refractivity contribution in [3.8, 4) is 0 Å². The van der Waals surface area contributed by atoms with Crippen molar-refractivity contribution in [2.75, 3.05) is 32.7 Å². The highest BCUT2D eigenvalue weighted by Crippen LogP contribution is 2.09. The molecular formula is C14H19N5O2. The van der Waals surface area contributed by atoms with Gasteiger partial charge < -0.3 is 9.32 Å². The molecule has 0 aliphatic carbocycles. The third kappa shape index (κ3) is 3.49. The fourth-order valence-corrected chi connectivity index (χ4v) is 2.56. The van der Waals surface area contributed by atoms with Gasteiger partial charge in [-0.15, -0.1) is 0 Å². The zero-order chi connectivity index (χ0) is 14.5. The van der Waals surface area contributed by atoms with Crippen molar-refractivity contribution in [3.63, 3.8) is 0 Å². The molecule has 0 spiro atoms. The van der Waals surface area contributed by atoms with E-state index in [1.165, 1.54) is 12.5 Å². The topological polar surface area (TPSA) is 67.4 Å². The van der Waals surface area contributed by atoms with Crippen LogP contribution < -0.4 is 0 Å². The molecule has 2 aromatic rings. The minimum absolute atomic E-state index is 0.0573. The summed E-state index contributed by atoms with van der Waals surface area (Å²) >= 11 is 0. The number of amides is 1. The molecule has 21 heavy (non-hydrogen) atoms. The van der Waals surface area contributed by atoms with Gasteiger partial charge >= 0.3 is 0 Å². The monoisotopic (exact) mass is 289 g/mol. The first kappa shape index (κ1) is 13.8. The van der Waals surface area contributed by atoms with Crippen LogP contribution in [0.25, 0.3) is 0 Å². The van der Waals surface area contributed by atoms with Crippen molar-refractivity contribution >= 4 is 5.91 Å². The van der Waals surface area contributed by atoms with Gasteiger partial charge in [0.15, 0.2) is 0 Å². The van der Waals surface area contributed by atoms with Crippen LogP contribution >= 0.6 is 0 Å². The van der Waals surface area contributed by atoms with Crippen LogP contribution in [0.2, 0.25) is 0 Å². The normalized spacial score (nSPS) is 16.9. The Morgan fingerprint density at radius 3 is 2.95 bits per heavy atom. The van der Waals surface area contributed by atoms with Gasteiger partial charge in [0.05, 0.1) is 18.4 Å². The first-order valence-corrected chi connectivity index (χ1v) is 7.19. The lowest BCUT2D eigenvalue weighted by molar-refractivity contribution is 0.0760. The summed E-state index contributed by atoms with van der Waals surface area (Å²) in [5.41, 5.74) is 0.631. The van der Waals surface area contributed by atoms with Crippen LogP contribution in [0.3, 0.4) is 0 Å². The van der Waals surface area contributed by atoms with Crippen molar-refractivity contribution in [1.82, 2.24) is 24.6 Å². The number of hydrogen-bond acceptors (Lipinski definition) is 5. The Labute approximate surface area is 123 Å². The minimum atomic E-state index is 0.0573. The van der Waals surface area contributed by atoms with Crippen molar-refractivity contribution in [2.45, 2.75) is 13.0 Å². The van der Waals surface area contributed by atoms with Gasteiger partial charge in [-0.3, -0.25) is 14.4 Å². The highest BCUT2D eigenvalue weighted by Gasteiger charge is 2.20. The number of nitrogens with zero attached hydrogens (tertiary/aromatic N) is 5. The van der Waals surface area contributed by atoms with Crippen LogP contribution in [-0.2, 0) is 6.54 Å². The smallest absolute Gasteiger partial charge is 0.257 e. The fraction of sp³-hybridized carbons (Fsp3) is 0.500. The van der Waals surface area contributed by atoms with Crippen LogP contribution in [0.5, 0.6) is 0 Å². The molecule has 1 saturated heterocycles. The molecule has 0 N–H and O–H groups in total. The van der Waals surface area contributed by atoms with Gasteiger partial charge in [-0.1, -0.05) is 0 Å². The lowest BCUT2D eigenvalue weighted by Gasteiger charge is -2.21. The summed E-state index contributed by atoms with van der Waals surface area (Å²) in [5, 5.41) is 4.10. The van der Waals surface area contributed by atoms with E-state index >= 15 is 0 Å². The third-order valence-corrected chi connectivity index (χ3v) is 3.76. The fourth-order valence-electron chi connectivity index (χ4n) is 2.56. The van der Waals surface area contributed by atoms with Crippen LogP contribution in [0.1, 0.15) is 16.8 Å². The van der Waals surface area contributed by atoms with Crippen molar-refractivity contribution in [2.24, 2.45) is 0 Å².